The fourth-order valence-corrected chi connectivity index (χ4v) is 5.40. The molecule has 1 aliphatic carbocycles. The molecule has 3 nitrogen and oxygen atoms in total. The highest BCUT2D eigenvalue weighted by Crippen LogP contribution is 2.43. The van der Waals surface area contributed by atoms with Crippen LogP contribution < -0.4 is 5.32 Å². The van der Waals surface area contributed by atoms with Gasteiger partial charge >= 0.3 is 0 Å². The van der Waals surface area contributed by atoms with Crippen molar-refractivity contribution in [1.29, 1.82) is 0 Å². The molecule has 1 unspecified atom stereocenters. The van der Waals surface area contributed by atoms with Gasteiger partial charge in [-0.2, -0.15) is 0 Å². The summed E-state index contributed by atoms with van der Waals surface area (Å²) >= 11 is 3.47. The Bertz CT molecular complexity index is 614. The first-order chi connectivity index (χ1) is 11.1. The Morgan fingerprint density at radius 1 is 1.22 bits per heavy atom. The number of hydrogen-bond acceptors (Lipinski definition) is 4. The fraction of sp³-hybridized carbons (Fsp3) is 0.500. The number of carbonyl (C=O) groups excluding carboxylic acids is 1. The summed E-state index contributed by atoms with van der Waals surface area (Å²) in [6, 6.07) is 8.63. The van der Waals surface area contributed by atoms with Crippen molar-refractivity contribution >= 4 is 28.6 Å². The number of nitrogens with zero attached hydrogens (tertiary/aromatic N) is 1. The average molecular weight is 349 g/mol. The van der Waals surface area contributed by atoms with Gasteiger partial charge in [-0.15, -0.1) is 22.7 Å². The highest BCUT2D eigenvalue weighted by atomic mass is 32.1. The number of carbonyl (C=O) groups is 1. The van der Waals surface area contributed by atoms with Gasteiger partial charge in [0.05, 0.1) is 11.5 Å². The normalized spacial score (nSPS) is 18.2. The first kappa shape index (κ1) is 16.7. The SMILES string of the molecule is CN(C)C(CNC(=O)C1(c2cccs2)CCCC1)c1cccs1. The van der Waals surface area contributed by atoms with Gasteiger partial charge < -0.3 is 10.2 Å². The number of nitrogens with one attached hydrogen (secondary N) is 1. The lowest BCUT2D eigenvalue weighted by Gasteiger charge is -2.29. The number of thiophene rings is 2. The van der Waals surface area contributed by atoms with Crippen LogP contribution in [-0.4, -0.2) is 31.4 Å². The van der Waals surface area contributed by atoms with E-state index in [1.807, 2.05) is 0 Å². The summed E-state index contributed by atoms with van der Waals surface area (Å²) in [7, 11) is 4.14. The second-order valence-corrected chi connectivity index (χ2v) is 8.40. The molecule has 0 bridgehead atoms. The third-order valence-corrected chi connectivity index (χ3v) is 6.88. The smallest absolute Gasteiger partial charge is 0.231 e. The standard InChI is InChI=1S/C18H24N2OS2/c1-20(2)14(15-7-5-11-22-15)13-19-17(21)18(9-3-4-10-18)16-8-6-12-23-16/h5-8,11-12,14H,3-4,9-10,13H2,1-2H3,(H,19,21). The van der Waals surface area contributed by atoms with Crippen LogP contribution in [0.25, 0.3) is 0 Å². The Morgan fingerprint density at radius 3 is 2.48 bits per heavy atom. The largest absolute Gasteiger partial charge is 0.353 e. The van der Waals surface area contributed by atoms with E-state index in [1.165, 1.54) is 9.75 Å². The van der Waals surface area contributed by atoms with Gasteiger partial charge in [-0.1, -0.05) is 25.0 Å². The molecular weight excluding hydrogens is 324 g/mol. The minimum absolute atomic E-state index is 0.209. The molecule has 1 fully saturated rings. The lowest BCUT2D eigenvalue weighted by Crippen LogP contribution is -2.44. The zero-order valence-corrected chi connectivity index (χ0v) is 15.4. The summed E-state index contributed by atoms with van der Waals surface area (Å²) in [5.74, 6) is 0.209. The van der Waals surface area contributed by atoms with Crippen LogP contribution in [0.2, 0.25) is 0 Å². The van der Waals surface area contributed by atoms with Crippen LogP contribution in [0.4, 0.5) is 0 Å². The number of hydrogen-bond donors (Lipinski definition) is 1. The molecule has 2 heterocycles. The van der Waals surface area contributed by atoms with Gasteiger partial charge in [0.1, 0.15) is 0 Å². The molecule has 1 amide bonds. The maximum absolute atomic E-state index is 13.0. The maximum Gasteiger partial charge on any atom is 0.231 e. The molecule has 3 rings (SSSR count). The summed E-state index contributed by atoms with van der Waals surface area (Å²) in [5, 5.41) is 7.43. The zero-order chi connectivity index (χ0) is 16.3. The van der Waals surface area contributed by atoms with E-state index in [2.05, 4.69) is 59.3 Å². The van der Waals surface area contributed by atoms with Gasteiger partial charge in [-0.05, 0) is 49.8 Å². The van der Waals surface area contributed by atoms with E-state index in [4.69, 9.17) is 0 Å². The van der Waals surface area contributed by atoms with Crippen molar-refractivity contribution in [3.8, 4) is 0 Å². The summed E-state index contributed by atoms with van der Waals surface area (Å²) in [5.41, 5.74) is -0.291. The van der Waals surface area contributed by atoms with Crippen molar-refractivity contribution in [1.82, 2.24) is 10.2 Å². The number of amides is 1. The van der Waals surface area contributed by atoms with E-state index < -0.39 is 0 Å². The summed E-state index contributed by atoms with van der Waals surface area (Å²) in [6.07, 6.45) is 4.25. The molecule has 0 spiro atoms. The van der Waals surface area contributed by atoms with E-state index in [9.17, 15) is 4.79 Å². The minimum atomic E-state index is -0.291. The Labute approximate surface area is 146 Å². The first-order valence-electron chi connectivity index (χ1n) is 8.15. The monoisotopic (exact) mass is 348 g/mol. The average Bonchev–Trinajstić information content (AvgIpc) is 3.28. The third-order valence-electron chi connectivity index (χ3n) is 4.84. The van der Waals surface area contributed by atoms with Gasteiger partial charge in [-0.3, -0.25) is 4.79 Å². The highest BCUT2D eigenvalue weighted by Gasteiger charge is 2.43. The van der Waals surface area contributed by atoms with Crippen LogP contribution in [-0.2, 0) is 10.2 Å². The molecule has 2 aromatic rings. The lowest BCUT2D eigenvalue weighted by molar-refractivity contribution is -0.126. The van der Waals surface area contributed by atoms with Crippen LogP contribution in [0.15, 0.2) is 35.0 Å². The molecule has 23 heavy (non-hydrogen) atoms. The van der Waals surface area contributed by atoms with Crippen LogP contribution in [0.1, 0.15) is 41.5 Å². The second kappa shape index (κ2) is 7.16. The highest BCUT2D eigenvalue weighted by molar-refractivity contribution is 7.10. The van der Waals surface area contributed by atoms with Crippen molar-refractivity contribution in [2.24, 2.45) is 0 Å². The quantitative estimate of drug-likeness (QED) is 0.854. The predicted octanol–water partition coefficient (Wildman–Crippen LogP) is 4.04. The fourth-order valence-electron chi connectivity index (χ4n) is 3.49. The van der Waals surface area contributed by atoms with Crippen LogP contribution in [0.3, 0.4) is 0 Å². The van der Waals surface area contributed by atoms with Crippen LogP contribution in [0.5, 0.6) is 0 Å². The molecule has 0 radical (unpaired) electrons. The van der Waals surface area contributed by atoms with Crippen LogP contribution >= 0.6 is 22.7 Å². The number of rotatable bonds is 6. The molecular formula is C18H24N2OS2. The van der Waals surface area contributed by atoms with Crippen molar-refractivity contribution in [3.63, 3.8) is 0 Å². The molecule has 5 heteroatoms. The Balaban J connectivity index is 1.72. The van der Waals surface area contributed by atoms with Gasteiger partial charge in [-0.25, -0.2) is 0 Å². The van der Waals surface area contributed by atoms with Crippen molar-refractivity contribution in [3.05, 3.63) is 44.8 Å². The third kappa shape index (κ3) is 3.37. The van der Waals surface area contributed by atoms with Gasteiger partial charge in [0, 0.05) is 16.3 Å². The van der Waals surface area contributed by atoms with E-state index in [1.54, 1.807) is 22.7 Å². The van der Waals surface area contributed by atoms with E-state index >= 15 is 0 Å². The van der Waals surface area contributed by atoms with Crippen LogP contribution in [0, 0.1) is 0 Å². The molecule has 0 aromatic carbocycles. The molecule has 0 aliphatic heterocycles. The molecule has 1 N–H and O–H groups in total. The predicted molar refractivity (Wildman–Crippen MR) is 98.2 cm³/mol. The maximum atomic E-state index is 13.0. The molecule has 1 atom stereocenters. The zero-order valence-electron chi connectivity index (χ0n) is 13.7. The summed E-state index contributed by atoms with van der Waals surface area (Å²) in [6.45, 7) is 0.666. The molecule has 0 saturated heterocycles. The summed E-state index contributed by atoms with van der Waals surface area (Å²) < 4.78 is 0. The van der Waals surface area contributed by atoms with Gasteiger partial charge in [0.2, 0.25) is 5.91 Å². The lowest BCUT2D eigenvalue weighted by atomic mass is 9.83. The molecule has 2 aromatic heterocycles. The first-order valence-corrected chi connectivity index (χ1v) is 9.91. The van der Waals surface area contributed by atoms with Gasteiger partial charge in [0.25, 0.3) is 0 Å². The van der Waals surface area contributed by atoms with E-state index in [0.29, 0.717) is 6.54 Å². The Morgan fingerprint density at radius 2 is 1.91 bits per heavy atom. The molecule has 1 saturated carbocycles. The Hall–Kier alpha value is -1.17. The van der Waals surface area contributed by atoms with Crippen molar-refractivity contribution in [2.75, 3.05) is 20.6 Å². The number of likely N-dealkylation sites (N-methyl/N-ethyl adjacent to an activating group) is 1. The topological polar surface area (TPSA) is 32.3 Å². The molecule has 1 aliphatic rings. The van der Waals surface area contributed by atoms with Crippen molar-refractivity contribution < 1.29 is 4.79 Å². The Kier molecular flexibility index (Phi) is 5.19. The second-order valence-electron chi connectivity index (χ2n) is 6.47. The van der Waals surface area contributed by atoms with E-state index in [-0.39, 0.29) is 17.4 Å². The van der Waals surface area contributed by atoms with Crippen molar-refractivity contribution in [2.45, 2.75) is 37.1 Å². The minimum Gasteiger partial charge on any atom is -0.353 e. The summed E-state index contributed by atoms with van der Waals surface area (Å²) in [4.78, 5) is 17.7. The van der Waals surface area contributed by atoms with Gasteiger partial charge in [0.15, 0.2) is 0 Å². The van der Waals surface area contributed by atoms with E-state index in [0.717, 1.165) is 25.7 Å². The molecule has 124 valence electrons.